The van der Waals surface area contributed by atoms with Crippen molar-refractivity contribution in [2.24, 2.45) is 17.3 Å². The Kier molecular flexibility index (Phi) is 2.96. The molecule has 0 aromatic heterocycles. The van der Waals surface area contributed by atoms with Crippen LogP contribution in [-0.4, -0.2) is 12.6 Å². The van der Waals surface area contributed by atoms with E-state index in [2.05, 4.69) is 37.4 Å². The first-order valence-electron chi connectivity index (χ1n) is 8.43. The van der Waals surface area contributed by atoms with Crippen LogP contribution in [0.2, 0.25) is 0 Å². The number of nitrogens with one attached hydrogen (secondary N) is 1. The van der Waals surface area contributed by atoms with Gasteiger partial charge in [0.15, 0.2) is 0 Å². The lowest BCUT2D eigenvalue weighted by Crippen LogP contribution is -2.36. The predicted octanol–water partition coefficient (Wildman–Crippen LogP) is 4.01. The Labute approximate surface area is 123 Å². The highest BCUT2D eigenvalue weighted by Gasteiger charge is 2.53. The Balaban J connectivity index is 1.50. The van der Waals surface area contributed by atoms with Crippen molar-refractivity contribution in [3.63, 3.8) is 0 Å². The van der Waals surface area contributed by atoms with Crippen molar-refractivity contribution < 1.29 is 0 Å². The highest BCUT2D eigenvalue weighted by Crippen LogP contribution is 2.60. The van der Waals surface area contributed by atoms with Crippen molar-refractivity contribution in [3.8, 4) is 0 Å². The normalized spacial score (nSPS) is 35.1. The monoisotopic (exact) mass is 269 g/mol. The third kappa shape index (κ3) is 2.53. The highest BCUT2D eigenvalue weighted by molar-refractivity contribution is 5.31. The van der Waals surface area contributed by atoms with Crippen LogP contribution in [0.1, 0.15) is 48.8 Å². The molecule has 0 spiro atoms. The molecule has 0 aliphatic heterocycles. The van der Waals surface area contributed by atoms with Gasteiger partial charge in [-0.25, -0.2) is 0 Å². The molecule has 4 rings (SSSR count). The van der Waals surface area contributed by atoms with Gasteiger partial charge in [0.2, 0.25) is 0 Å². The van der Waals surface area contributed by atoms with Crippen LogP contribution >= 0.6 is 0 Å². The molecule has 1 aromatic carbocycles. The van der Waals surface area contributed by atoms with Crippen LogP contribution in [0.5, 0.6) is 0 Å². The SMILES string of the molecule is Cc1ccc(CC2(CNC3CC3)CC3CC3C2)cc1C. The zero-order valence-corrected chi connectivity index (χ0v) is 12.9. The molecule has 0 heterocycles. The summed E-state index contributed by atoms with van der Waals surface area (Å²) in [5.41, 5.74) is 5.01. The van der Waals surface area contributed by atoms with Gasteiger partial charge in [0, 0.05) is 12.6 Å². The maximum absolute atomic E-state index is 3.83. The fourth-order valence-corrected chi connectivity index (χ4v) is 4.35. The Hall–Kier alpha value is -0.820. The van der Waals surface area contributed by atoms with E-state index < -0.39 is 0 Å². The molecule has 2 atom stereocenters. The molecule has 3 aliphatic carbocycles. The average molecular weight is 269 g/mol. The number of rotatable bonds is 5. The van der Waals surface area contributed by atoms with Gasteiger partial charge in [-0.2, -0.15) is 0 Å². The van der Waals surface area contributed by atoms with Gasteiger partial charge in [0.25, 0.3) is 0 Å². The summed E-state index contributed by atoms with van der Waals surface area (Å²) >= 11 is 0. The molecule has 108 valence electrons. The average Bonchev–Trinajstić information content (AvgIpc) is 3.33. The molecule has 3 fully saturated rings. The number of hydrogen-bond acceptors (Lipinski definition) is 1. The van der Waals surface area contributed by atoms with E-state index in [1.165, 1.54) is 56.2 Å². The van der Waals surface area contributed by atoms with E-state index in [-0.39, 0.29) is 0 Å². The molecular formula is C19H27N. The molecule has 0 radical (unpaired) electrons. The van der Waals surface area contributed by atoms with E-state index in [0.29, 0.717) is 5.41 Å². The first-order chi connectivity index (χ1) is 9.63. The van der Waals surface area contributed by atoms with Gasteiger partial charge in [-0.3, -0.25) is 0 Å². The Bertz CT molecular complexity index is 504. The van der Waals surface area contributed by atoms with E-state index >= 15 is 0 Å². The third-order valence-electron chi connectivity index (χ3n) is 5.95. The van der Waals surface area contributed by atoms with Gasteiger partial charge >= 0.3 is 0 Å². The maximum Gasteiger partial charge on any atom is 0.00684 e. The van der Waals surface area contributed by atoms with Gasteiger partial charge in [-0.15, -0.1) is 0 Å². The second kappa shape index (κ2) is 4.59. The quantitative estimate of drug-likeness (QED) is 0.851. The number of benzene rings is 1. The van der Waals surface area contributed by atoms with Crippen molar-refractivity contribution >= 4 is 0 Å². The first-order valence-corrected chi connectivity index (χ1v) is 8.43. The molecule has 3 aliphatic rings. The molecule has 1 N–H and O–H groups in total. The van der Waals surface area contributed by atoms with Crippen molar-refractivity contribution in [1.82, 2.24) is 5.32 Å². The van der Waals surface area contributed by atoms with E-state index in [9.17, 15) is 0 Å². The number of hydrogen-bond donors (Lipinski definition) is 1. The van der Waals surface area contributed by atoms with Crippen molar-refractivity contribution in [2.75, 3.05) is 6.54 Å². The Morgan fingerprint density at radius 1 is 1.10 bits per heavy atom. The van der Waals surface area contributed by atoms with Crippen LogP contribution in [0.3, 0.4) is 0 Å². The highest BCUT2D eigenvalue weighted by atomic mass is 15.0. The zero-order valence-electron chi connectivity index (χ0n) is 12.9. The van der Waals surface area contributed by atoms with Crippen LogP contribution < -0.4 is 5.32 Å². The Morgan fingerprint density at radius 3 is 2.50 bits per heavy atom. The summed E-state index contributed by atoms with van der Waals surface area (Å²) in [6, 6.07) is 7.95. The summed E-state index contributed by atoms with van der Waals surface area (Å²) in [4.78, 5) is 0. The van der Waals surface area contributed by atoms with E-state index in [1.54, 1.807) is 5.56 Å². The summed E-state index contributed by atoms with van der Waals surface area (Å²) in [6.07, 6.45) is 8.59. The van der Waals surface area contributed by atoms with Gasteiger partial charge < -0.3 is 5.32 Å². The van der Waals surface area contributed by atoms with Crippen molar-refractivity contribution in [1.29, 1.82) is 0 Å². The molecule has 3 saturated carbocycles. The van der Waals surface area contributed by atoms with E-state index in [4.69, 9.17) is 0 Å². The van der Waals surface area contributed by atoms with Crippen molar-refractivity contribution in [3.05, 3.63) is 34.9 Å². The molecule has 1 nitrogen and oxygen atoms in total. The van der Waals surface area contributed by atoms with Crippen LogP contribution in [0, 0.1) is 31.1 Å². The lowest BCUT2D eigenvalue weighted by molar-refractivity contribution is 0.247. The fraction of sp³-hybridized carbons (Fsp3) is 0.684. The zero-order chi connectivity index (χ0) is 13.7. The molecule has 1 aromatic rings. The van der Waals surface area contributed by atoms with Gasteiger partial charge in [0.1, 0.15) is 0 Å². The topological polar surface area (TPSA) is 12.0 Å². The lowest BCUT2D eigenvalue weighted by Gasteiger charge is -2.32. The van der Waals surface area contributed by atoms with Crippen LogP contribution in [0.4, 0.5) is 0 Å². The summed E-state index contributed by atoms with van der Waals surface area (Å²) in [5.74, 6) is 2.14. The largest absolute Gasteiger partial charge is 0.313 e. The second-order valence-electron chi connectivity index (χ2n) is 7.91. The second-order valence-corrected chi connectivity index (χ2v) is 7.91. The lowest BCUT2D eigenvalue weighted by atomic mass is 9.77. The van der Waals surface area contributed by atoms with Crippen molar-refractivity contribution in [2.45, 2.75) is 58.4 Å². The minimum Gasteiger partial charge on any atom is -0.313 e. The molecule has 20 heavy (non-hydrogen) atoms. The smallest absolute Gasteiger partial charge is 0.00684 e. The summed E-state index contributed by atoms with van der Waals surface area (Å²) in [7, 11) is 0. The molecular weight excluding hydrogens is 242 g/mol. The minimum atomic E-state index is 0.567. The van der Waals surface area contributed by atoms with Crippen LogP contribution in [-0.2, 0) is 6.42 Å². The fourth-order valence-electron chi connectivity index (χ4n) is 4.35. The first kappa shape index (κ1) is 12.9. The van der Waals surface area contributed by atoms with E-state index in [1.807, 2.05) is 0 Å². The predicted molar refractivity (Wildman–Crippen MR) is 83.9 cm³/mol. The van der Waals surface area contributed by atoms with Gasteiger partial charge in [0.05, 0.1) is 0 Å². The molecule has 2 unspecified atom stereocenters. The molecule has 0 saturated heterocycles. The molecule has 1 heteroatoms. The van der Waals surface area contributed by atoms with E-state index in [0.717, 1.165) is 17.9 Å². The summed E-state index contributed by atoms with van der Waals surface area (Å²) < 4.78 is 0. The standard InChI is InChI=1S/C19H27N/c1-13-3-4-15(7-14(13)2)9-19(12-20-18-5-6-18)10-16-8-17(16)11-19/h3-4,7,16-18,20H,5-6,8-12H2,1-2H3. The van der Waals surface area contributed by atoms with Crippen LogP contribution in [0.15, 0.2) is 18.2 Å². The maximum atomic E-state index is 3.83. The molecule has 0 bridgehead atoms. The third-order valence-corrected chi connectivity index (χ3v) is 5.95. The van der Waals surface area contributed by atoms with Crippen LogP contribution in [0.25, 0.3) is 0 Å². The number of fused-ring (bicyclic) bond motifs is 1. The van der Waals surface area contributed by atoms with Gasteiger partial charge in [-0.05, 0) is 86.3 Å². The summed E-state index contributed by atoms with van der Waals surface area (Å²) in [6.45, 7) is 5.73. The summed E-state index contributed by atoms with van der Waals surface area (Å²) in [5, 5.41) is 3.83. The number of aryl methyl sites for hydroxylation is 2. The Morgan fingerprint density at radius 2 is 1.85 bits per heavy atom. The minimum absolute atomic E-state index is 0.567. The molecule has 0 amide bonds. The van der Waals surface area contributed by atoms with Gasteiger partial charge in [-0.1, -0.05) is 18.2 Å².